The topological polar surface area (TPSA) is 26.3 Å². The van der Waals surface area contributed by atoms with Crippen LogP contribution in [0.4, 0.5) is 0 Å². The van der Waals surface area contributed by atoms with Crippen LogP contribution in [0.2, 0.25) is 0 Å². The van der Waals surface area contributed by atoms with E-state index in [-0.39, 0.29) is 17.8 Å². The minimum absolute atomic E-state index is 0.199. The van der Waals surface area contributed by atoms with E-state index in [0.29, 0.717) is 6.42 Å². The summed E-state index contributed by atoms with van der Waals surface area (Å²) in [5.41, 5.74) is 0. The van der Waals surface area contributed by atoms with Crippen LogP contribution < -0.4 is 0 Å². The van der Waals surface area contributed by atoms with Crippen molar-refractivity contribution in [2.24, 2.45) is 11.8 Å². The lowest BCUT2D eigenvalue weighted by Gasteiger charge is -2.18. The maximum atomic E-state index is 11.1. The van der Waals surface area contributed by atoms with E-state index in [9.17, 15) is 4.79 Å². The van der Waals surface area contributed by atoms with Gasteiger partial charge >= 0.3 is 5.97 Å². The van der Waals surface area contributed by atoms with Crippen molar-refractivity contribution in [1.82, 2.24) is 0 Å². The summed E-state index contributed by atoms with van der Waals surface area (Å²) in [4.78, 5) is 10.6. The van der Waals surface area contributed by atoms with Crippen LogP contribution in [0.15, 0.2) is 0 Å². The van der Waals surface area contributed by atoms with Gasteiger partial charge in [-0.25, -0.2) is 0 Å². The molecular formula is C8H14Cl2O2. The molecule has 0 heterocycles. The van der Waals surface area contributed by atoms with Gasteiger partial charge in [0.2, 0.25) is 0 Å². The predicted molar refractivity (Wildman–Crippen MR) is 50.5 cm³/mol. The van der Waals surface area contributed by atoms with Gasteiger partial charge in [-0.05, 0) is 12.3 Å². The normalized spacial score (nSPS) is 13.6. The van der Waals surface area contributed by atoms with Gasteiger partial charge in [0.25, 0.3) is 0 Å². The molecule has 0 amide bonds. The molecule has 0 aliphatic carbocycles. The number of ether oxygens (including phenoxy) is 1. The Morgan fingerprint density at radius 1 is 1.42 bits per heavy atom. The molecule has 0 aliphatic heterocycles. The lowest BCUT2D eigenvalue weighted by atomic mass is 9.93. The van der Waals surface area contributed by atoms with Gasteiger partial charge in [0.1, 0.15) is 4.84 Å². The molecule has 0 aromatic carbocycles. The molecule has 12 heavy (non-hydrogen) atoms. The zero-order valence-electron chi connectivity index (χ0n) is 7.51. The predicted octanol–water partition coefficient (Wildman–Crippen LogP) is 2.63. The maximum absolute atomic E-state index is 11.1. The van der Waals surface area contributed by atoms with Crippen LogP contribution in [-0.4, -0.2) is 17.9 Å². The second kappa shape index (κ2) is 5.65. The van der Waals surface area contributed by atoms with Crippen LogP contribution in [0, 0.1) is 11.8 Å². The lowest BCUT2D eigenvalue weighted by Crippen LogP contribution is -2.23. The van der Waals surface area contributed by atoms with E-state index in [1.165, 1.54) is 7.11 Å². The van der Waals surface area contributed by atoms with Crippen molar-refractivity contribution in [3.05, 3.63) is 0 Å². The van der Waals surface area contributed by atoms with Crippen LogP contribution in [0.5, 0.6) is 0 Å². The zero-order valence-corrected chi connectivity index (χ0v) is 9.02. The van der Waals surface area contributed by atoms with E-state index in [4.69, 9.17) is 23.2 Å². The molecule has 1 unspecified atom stereocenters. The van der Waals surface area contributed by atoms with E-state index in [1.807, 2.05) is 13.8 Å². The summed E-state index contributed by atoms with van der Waals surface area (Å²) in [5.74, 6) is -0.233. The molecule has 0 saturated heterocycles. The molecule has 0 rings (SSSR count). The number of halogens is 2. The van der Waals surface area contributed by atoms with Gasteiger partial charge < -0.3 is 4.74 Å². The zero-order chi connectivity index (χ0) is 9.72. The fraction of sp³-hybridized carbons (Fsp3) is 0.875. The maximum Gasteiger partial charge on any atom is 0.309 e. The number of rotatable bonds is 4. The number of esters is 1. The Balaban J connectivity index is 4.13. The van der Waals surface area contributed by atoms with Gasteiger partial charge in [-0.15, -0.1) is 23.2 Å². The average Bonchev–Trinajstić information content (AvgIpc) is 1.98. The smallest absolute Gasteiger partial charge is 0.309 e. The van der Waals surface area contributed by atoms with E-state index in [2.05, 4.69) is 4.74 Å². The second-order valence-corrected chi connectivity index (χ2v) is 4.28. The highest BCUT2D eigenvalue weighted by Crippen LogP contribution is 2.22. The average molecular weight is 213 g/mol. The molecule has 1 atom stereocenters. The third-order valence-electron chi connectivity index (χ3n) is 1.74. The molecule has 0 aromatic heterocycles. The molecule has 0 fully saturated rings. The number of carbonyl (C=O) groups is 1. The third-order valence-corrected chi connectivity index (χ3v) is 2.10. The van der Waals surface area contributed by atoms with Crippen molar-refractivity contribution >= 4 is 29.2 Å². The molecule has 0 aliphatic rings. The SMILES string of the molecule is COC(=O)C(CC(Cl)Cl)C(C)C. The van der Waals surface area contributed by atoms with Crippen LogP contribution in [0.3, 0.4) is 0 Å². The molecule has 0 aromatic rings. The monoisotopic (exact) mass is 212 g/mol. The first-order valence-electron chi connectivity index (χ1n) is 3.85. The van der Waals surface area contributed by atoms with Crippen LogP contribution in [0.25, 0.3) is 0 Å². The van der Waals surface area contributed by atoms with Crippen LogP contribution in [0.1, 0.15) is 20.3 Å². The molecule has 0 saturated carbocycles. The quantitative estimate of drug-likeness (QED) is 0.530. The summed E-state index contributed by atoms with van der Waals surface area (Å²) in [5, 5.41) is 0. The number of methoxy groups -OCH3 is 1. The van der Waals surface area contributed by atoms with Gasteiger partial charge in [-0.3, -0.25) is 4.79 Å². The standard InChI is InChI=1S/C8H14Cl2O2/c1-5(2)6(4-7(9)10)8(11)12-3/h5-7H,4H2,1-3H3. The number of hydrogen-bond donors (Lipinski definition) is 0. The summed E-state index contributed by atoms with van der Waals surface area (Å²) in [6.45, 7) is 3.88. The van der Waals surface area contributed by atoms with Gasteiger partial charge in [0, 0.05) is 0 Å². The molecule has 72 valence electrons. The van der Waals surface area contributed by atoms with E-state index in [1.54, 1.807) is 0 Å². The minimum Gasteiger partial charge on any atom is -0.469 e. The molecular weight excluding hydrogens is 199 g/mol. The van der Waals surface area contributed by atoms with Crippen molar-refractivity contribution in [1.29, 1.82) is 0 Å². The minimum atomic E-state index is -0.503. The number of hydrogen-bond acceptors (Lipinski definition) is 2. The molecule has 2 nitrogen and oxygen atoms in total. The second-order valence-electron chi connectivity index (χ2n) is 3.00. The fourth-order valence-corrected chi connectivity index (χ4v) is 1.37. The molecule has 0 spiro atoms. The third kappa shape index (κ3) is 4.17. The Morgan fingerprint density at radius 3 is 2.17 bits per heavy atom. The molecule has 0 N–H and O–H groups in total. The molecule has 4 heteroatoms. The number of carbonyl (C=O) groups excluding carboxylic acids is 1. The highest BCUT2D eigenvalue weighted by Gasteiger charge is 2.24. The lowest BCUT2D eigenvalue weighted by molar-refractivity contribution is -0.147. The summed E-state index contributed by atoms with van der Waals surface area (Å²) in [6, 6.07) is 0. The Bertz CT molecular complexity index is 146. The summed E-state index contributed by atoms with van der Waals surface area (Å²) in [6.07, 6.45) is 0.452. The Hall–Kier alpha value is 0.0500. The van der Waals surface area contributed by atoms with Crippen LogP contribution in [-0.2, 0) is 9.53 Å². The molecule has 0 bridgehead atoms. The van der Waals surface area contributed by atoms with Gasteiger partial charge in [0.15, 0.2) is 0 Å². The largest absolute Gasteiger partial charge is 0.469 e. The number of alkyl halides is 2. The first-order valence-corrected chi connectivity index (χ1v) is 4.72. The van der Waals surface area contributed by atoms with Gasteiger partial charge in [0.05, 0.1) is 13.0 Å². The highest BCUT2D eigenvalue weighted by atomic mass is 35.5. The van der Waals surface area contributed by atoms with Gasteiger partial charge in [-0.2, -0.15) is 0 Å². The van der Waals surface area contributed by atoms with Crippen molar-refractivity contribution in [3.63, 3.8) is 0 Å². The summed E-state index contributed by atoms with van der Waals surface area (Å²) in [7, 11) is 1.37. The highest BCUT2D eigenvalue weighted by molar-refractivity contribution is 6.44. The van der Waals surface area contributed by atoms with Crippen molar-refractivity contribution in [2.45, 2.75) is 25.1 Å². The van der Waals surface area contributed by atoms with E-state index >= 15 is 0 Å². The van der Waals surface area contributed by atoms with E-state index < -0.39 is 4.84 Å². The van der Waals surface area contributed by atoms with Crippen LogP contribution >= 0.6 is 23.2 Å². The Labute approximate surface area is 83.2 Å². The van der Waals surface area contributed by atoms with Crippen molar-refractivity contribution < 1.29 is 9.53 Å². The van der Waals surface area contributed by atoms with Gasteiger partial charge in [-0.1, -0.05) is 13.8 Å². The van der Waals surface area contributed by atoms with Crippen molar-refractivity contribution in [3.8, 4) is 0 Å². The fourth-order valence-electron chi connectivity index (χ4n) is 0.984. The first kappa shape index (κ1) is 12.0. The summed E-state index contributed by atoms with van der Waals surface area (Å²) < 4.78 is 4.62. The first-order chi connectivity index (χ1) is 5.49. The van der Waals surface area contributed by atoms with E-state index in [0.717, 1.165) is 0 Å². The Morgan fingerprint density at radius 2 is 1.92 bits per heavy atom. The van der Waals surface area contributed by atoms with Crippen molar-refractivity contribution in [2.75, 3.05) is 7.11 Å². The Kier molecular flexibility index (Phi) is 5.68. The molecule has 0 radical (unpaired) electrons. The summed E-state index contributed by atoms with van der Waals surface area (Å²) >= 11 is 11.2.